The lowest BCUT2D eigenvalue weighted by Gasteiger charge is -2.55. The minimum atomic E-state index is -0.234. The van der Waals surface area contributed by atoms with Crippen molar-refractivity contribution in [3.05, 3.63) is 24.4 Å². The molecule has 1 saturated heterocycles. The van der Waals surface area contributed by atoms with Gasteiger partial charge < -0.3 is 10.2 Å². The summed E-state index contributed by atoms with van der Waals surface area (Å²) in [7, 11) is 3.66. The molecule has 4 nitrogen and oxygen atoms in total. The number of β-amino-alcohol motifs (C(OH)–C–C–N with tert-alkyl or cyclic N) is 1. The normalized spacial score (nSPS) is 19.4. The van der Waals surface area contributed by atoms with Gasteiger partial charge in [-0.2, -0.15) is 0 Å². The maximum absolute atomic E-state index is 11.0. The van der Waals surface area contributed by atoms with Crippen LogP contribution in [0.15, 0.2) is 29.4 Å². The van der Waals surface area contributed by atoms with Gasteiger partial charge >= 0.3 is 0 Å². The molecule has 1 aromatic heterocycles. The van der Waals surface area contributed by atoms with Crippen LogP contribution in [0.1, 0.15) is 136 Å². The number of aromatic nitrogens is 1. The number of rotatable bonds is 25. The summed E-state index contributed by atoms with van der Waals surface area (Å²) in [4.78, 5) is 6.93. The van der Waals surface area contributed by atoms with Crippen LogP contribution in [0.25, 0.3) is 0 Å². The van der Waals surface area contributed by atoms with E-state index in [9.17, 15) is 10.2 Å². The van der Waals surface area contributed by atoms with Crippen LogP contribution in [-0.2, 0) is 0 Å². The average molecular weight is 567 g/mol. The Bertz CT molecular complexity index is 681. The highest BCUT2D eigenvalue weighted by Gasteiger charge is 2.45. The van der Waals surface area contributed by atoms with Crippen molar-refractivity contribution < 1.29 is 10.2 Å². The summed E-state index contributed by atoms with van der Waals surface area (Å²) in [5.74, 6) is 1.12. The molecule has 1 fully saturated rings. The van der Waals surface area contributed by atoms with E-state index in [1.165, 1.54) is 83.5 Å². The molecule has 220 valence electrons. The summed E-state index contributed by atoms with van der Waals surface area (Å²) in [6.45, 7) is 6.37. The molecule has 3 atom stereocenters. The standard InChI is InChI=1S/C32H58N2O2S2/c1-3-5-7-9-11-13-19-29(35)27-32(22-16-18-26-37-38-31-21-15-17-24-33-31)23-25-34(32)28-30(36)20-14-12-10-8-6-4-2/h15,17,21,24,29-30,35-36H,3-14,16,18-20,22-23,25-28H2,1-2H3. The van der Waals surface area contributed by atoms with Gasteiger partial charge in [-0.1, -0.05) is 114 Å². The number of aliphatic hydroxyl groups excluding tert-OH is 2. The van der Waals surface area contributed by atoms with Crippen molar-refractivity contribution >= 4 is 21.6 Å². The summed E-state index contributed by atoms with van der Waals surface area (Å²) in [6, 6.07) is 6.08. The lowest BCUT2D eigenvalue weighted by atomic mass is 9.75. The number of unbranched alkanes of at least 4 members (excludes halogenated alkanes) is 11. The van der Waals surface area contributed by atoms with E-state index >= 15 is 0 Å². The molecule has 1 aromatic rings. The summed E-state index contributed by atoms with van der Waals surface area (Å²) >= 11 is 0. The van der Waals surface area contributed by atoms with Crippen LogP contribution in [0.2, 0.25) is 0 Å². The van der Waals surface area contributed by atoms with Gasteiger partial charge in [0.05, 0.1) is 12.2 Å². The van der Waals surface area contributed by atoms with E-state index in [1.807, 2.05) is 29.1 Å². The van der Waals surface area contributed by atoms with Crippen LogP contribution in [-0.4, -0.2) is 56.7 Å². The Morgan fingerprint density at radius 2 is 1.50 bits per heavy atom. The van der Waals surface area contributed by atoms with Crippen LogP contribution >= 0.6 is 21.6 Å². The lowest BCUT2D eigenvalue weighted by molar-refractivity contribution is -0.0780. The molecule has 2 heterocycles. The Morgan fingerprint density at radius 3 is 2.11 bits per heavy atom. The van der Waals surface area contributed by atoms with Crippen molar-refractivity contribution in [1.82, 2.24) is 9.88 Å². The quantitative estimate of drug-likeness (QED) is 0.0909. The minimum Gasteiger partial charge on any atom is -0.393 e. The zero-order valence-corrected chi connectivity index (χ0v) is 26.3. The van der Waals surface area contributed by atoms with E-state index in [0.29, 0.717) is 0 Å². The molecule has 38 heavy (non-hydrogen) atoms. The number of hydrogen-bond donors (Lipinski definition) is 2. The highest BCUT2D eigenvalue weighted by atomic mass is 33.1. The second-order valence-electron chi connectivity index (χ2n) is 11.6. The highest BCUT2D eigenvalue weighted by Crippen LogP contribution is 2.41. The van der Waals surface area contributed by atoms with E-state index in [1.54, 1.807) is 10.8 Å². The number of likely N-dealkylation sites (tertiary alicyclic amines) is 1. The topological polar surface area (TPSA) is 56.6 Å². The molecule has 1 aliphatic heterocycles. The molecular weight excluding hydrogens is 508 g/mol. The minimum absolute atomic E-state index is 0.0858. The summed E-state index contributed by atoms with van der Waals surface area (Å²) in [5.41, 5.74) is 0.0858. The van der Waals surface area contributed by atoms with Crippen LogP contribution in [0.5, 0.6) is 0 Å². The van der Waals surface area contributed by atoms with Gasteiger partial charge in [-0.3, -0.25) is 4.90 Å². The average Bonchev–Trinajstić information content (AvgIpc) is 2.92. The summed E-state index contributed by atoms with van der Waals surface area (Å²) in [5, 5.41) is 22.9. The first kappa shape index (κ1) is 33.9. The number of pyridine rings is 1. The molecule has 6 heteroatoms. The molecule has 0 saturated carbocycles. The molecule has 1 aliphatic rings. The van der Waals surface area contributed by atoms with Gasteiger partial charge in [0.1, 0.15) is 5.03 Å². The van der Waals surface area contributed by atoms with E-state index in [4.69, 9.17) is 0 Å². The van der Waals surface area contributed by atoms with Crippen molar-refractivity contribution in [2.24, 2.45) is 0 Å². The SMILES string of the molecule is CCCCCCCCC(O)CN1CCC1(CCCCSSc1ccccn1)CC(O)CCCCCCCC. The van der Waals surface area contributed by atoms with Crippen LogP contribution in [0.4, 0.5) is 0 Å². The monoisotopic (exact) mass is 566 g/mol. The van der Waals surface area contributed by atoms with Gasteiger partial charge in [-0.15, -0.1) is 0 Å². The third-order valence-corrected chi connectivity index (χ3v) is 10.6. The van der Waals surface area contributed by atoms with Crippen molar-refractivity contribution in [2.75, 3.05) is 18.8 Å². The van der Waals surface area contributed by atoms with Gasteiger partial charge in [0.2, 0.25) is 0 Å². The molecule has 3 unspecified atom stereocenters. The fraction of sp³-hybridized carbons (Fsp3) is 0.844. The predicted octanol–water partition coefficient (Wildman–Crippen LogP) is 9.05. The molecule has 2 rings (SSSR count). The smallest absolute Gasteiger partial charge is 0.106 e. The van der Waals surface area contributed by atoms with E-state index in [2.05, 4.69) is 29.8 Å². The second-order valence-corrected chi connectivity index (χ2v) is 14.0. The lowest BCUT2D eigenvalue weighted by Crippen LogP contribution is -2.62. The third kappa shape index (κ3) is 14.4. The van der Waals surface area contributed by atoms with E-state index < -0.39 is 0 Å². The predicted molar refractivity (Wildman–Crippen MR) is 168 cm³/mol. The first-order valence-electron chi connectivity index (χ1n) is 15.9. The molecular formula is C32H58N2O2S2. The van der Waals surface area contributed by atoms with Gasteiger partial charge in [-0.05, 0) is 61.5 Å². The molecule has 0 amide bonds. The van der Waals surface area contributed by atoms with Gasteiger partial charge in [-0.25, -0.2) is 4.98 Å². The van der Waals surface area contributed by atoms with Crippen molar-refractivity contribution in [3.63, 3.8) is 0 Å². The fourth-order valence-corrected chi connectivity index (χ4v) is 7.83. The highest BCUT2D eigenvalue weighted by molar-refractivity contribution is 8.76. The fourth-order valence-electron chi connectivity index (χ4n) is 5.81. The van der Waals surface area contributed by atoms with Gasteiger partial charge in [0.25, 0.3) is 0 Å². The Hall–Kier alpha value is -0.270. The number of hydrogen-bond acceptors (Lipinski definition) is 6. The zero-order valence-electron chi connectivity index (χ0n) is 24.6. The van der Waals surface area contributed by atoms with Crippen molar-refractivity contribution in [1.29, 1.82) is 0 Å². The Morgan fingerprint density at radius 1 is 0.842 bits per heavy atom. The van der Waals surface area contributed by atoms with Crippen LogP contribution in [0.3, 0.4) is 0 Å². The Kier molecular flexibility index (Phi) is 19.2. The van der Waals surface area contributed by atoms with Crippen molar-refractivity contribution in [2.45, 2.75) is 159 Å². The molecule has 0 aromatic carbocycles. The maximum atomic E-state index is 11.0. The van der Waals surface area contributed by atoms with E-state index in [-0.39, 0.29) is 17.7 Å². The van der Waals surface area contributed by atoms with E-state index in [0.717, 1.165) is 62.4 Å². The van der Waals surface area contributed by atoms with Gasteiger partial charge in [0, 0.05) is 30.6 Å². The first-order chi connectivity index (χ1) is 18.6. The Labute approximate surface area is 242 Å². The second kappa shape index (κ2) is 21.5. The molecule has 2 N–H and O–H groups in total. The summed E-state index contributed by atoms with van der Waals surface area (Å²) in [6.07, 6.45) is 24.1. The zero-order chi connectivity index (χ0) is 27.3. The number of aliphatic hydroxyl groups is 2. The first-order valence-corrected chi connectivity index (χ1v) is 18.2. The van der Waals surface area contributed by atoms with Gasteiger partial charge in [0.15, 0.2) is 0 Å². The third-order valence-electron chi connectivity index (χ3n) is 8.25. The molecule has 0 radical (unpaired) electrons. The Balaban J connectivity index is 1.76. The van der Waals surface area contributed by atoms with Crippen LogP contribution in [0, 0.1) is 0 Å². The van der Waals surface area contributed by atoms with Crippen LogP contribution < -0.4 is 0 Å². The molecule has 0 spiro atoms. The number of nitrogens with zero attached hydrogens (tertiary/aromatic N) is 2. The molecule has 0 bridgehead atoms. The van der Waals surface area contributed by atoms with Crippen molar-refractivity contribution in [3.8, 4) is 0 Å². The molecule has 0 aliphatic carbocycles. The summed E-state index contributed by atoms with van der Waals surface area (Å²) < 4.78 is 0. The largest absolute Gasteiger partial charge is 0.393 e. The maximum Gasteiger partial charge on any atom is 0.106 e.